The molecular weight excluding hydrogens is 358 g/mol. The zero-order valence-corrected chi connectivity index (χ0v) is 16.6. The van der Waals surface area contributed by atoms with Gasteiger partial charge in [0.15, 0.2) is 0 Å². The van der Waals surface area contributed by atoms with E-state index in [1.165, 1.54) is 22.4 Å². The third kappa shape index (κ3) is 3.70. The van der Waals surface area contributed by atoms with Crippen molar-refractivity contribution in [1.29, 1.82) is 0 Å². The molecular formula is C25H25N3O. The topological polar surface area (TPSA) is 37.4 Å². The maximum atomic E-state index is 6.16. The molecule has 29 heavy (non-hydrogen) atoms. The molecule has 1 atom stereocenters. The van der Waals surface area contributed by atoms with Crippen molar-refractivity contribution in [3.05, 3.63) is 84.2 Å². The molecule has 1 aliphatic heterocycles. The number of fused-ring (bicyclic) bond motifs is 2. The van der Waals surface area contributed by atoms with E-state index in [1.807, 2.05) is 12.1 Å². The average molecular weight is 383 g/mol. The molecule has 0 spiro atoms. The summed E-state index contributed by atoms with van der Waals surface area (Å²) in [5, 5.41) is 3.42. The standard InChI is InChI=1S/C25H25N3O/c1-18-17-28(15-12-20-7-6-19-4-2-3-5-23(19)20)24-9-8-22(16-25(24)29-18)27-21-10-13-26-14-11-21/h2-5,7-11,13-14,16,18H,6,12,15,17H2,1H3,(H,26,27). The van der Waals surface area contributed by atoms with Crippen LogP contribution in [0.1, 0.15) is 24.5 Å². The fourth-order valence-corrected chi connectivity index (χ4v) is 4.27. The predicted molar refractivity (Wildman–Crippen MR) is 119 cm³/mol. The molecule has 3 aromatic rings. The Bertz CT molecular complexity index is 1040. The van der Waals surface area contributed by atoms with Crippen molar-refractivity contribution in [2.24, 2.45) is 0 Å². The number of ether oxygens (including phenoxy) is 1. The molecule has 1 aromatic heterocycles. The number of hydrogen-bond donors (Lipinski definition) is 1. The van der Waals surface area contributed by atoms with E-state index in [4.69, 9.17) is 4.74 Å². The molecule has 0 saturated carbocycles. The molecule has 2 aromatic carbocycles. The van der Waals surface area contributed by atoms with E-state index in [2.05, 4.69) is 70.7 Å². The minimum Gasteiger partial charge on any atom is -0.487 e. The highest BCUT2D eigenvalue weighted by Gasteiger charge is 2.24. The Balaban J connectivity index is 1.33. The lowest BCUT2D eigenvalue weighted by molar-refractivity contribution is 0.213. The van der Waals surface area contributed by atoms with E-state index in [-0.39, 0.29) is 6.10 Å². The SMILES string of the molecule is CC1CN(CCC2=CCc3ccccc32)c2ccc(Nc3ccncc3)cc2O1. The van der Waals surface area contributed by atoms with Gasteiger partial charge in [0.2, 0.25) is 0 Å². The minimum absolute atomic E-state index is 0.170. The van der Waals surface area contributed by atoms with Gasteiger partial charge in [0.1, 0.15) is 11.9 Å². The van der Waals surface area contributed by atoms with Gasteiger partial charge in [-0.1, -0.05) is 30.3 Å². The molecule has 0 fully saturated rings. The molecule has 1 aliphatic carbocycles. The molecule has 2 heterocycles. The Morgan fingerprint density at radius 2 is 1.93 bits per heavy atom. The summed E-state index contributed by atoms with van der Waals surface area (Å²) >= 11 is 0. The van der Waals surface area contributed by atoms with Crippen LogP contribution in [0.25, 0.3) is 5.57 Å². The Labute approximate surface area is 171 Å². The number of hydrogen-bond acceptors (Lipinski definition) is 4. The Hall–Kier alpha value is -3.27. The number of nitrogens with one attached hydrogen (secondary N) is 1. The molecule has 0 saturated heterocycles. The van der Waals surface area contributed by atoms with Crippen molar-refractivity contribution >= 4 is 22.6 Å². The second-order valence-electron chi connectivity index (χ2n) is 7.76. The van der Waals surface area contributed by atoms with Gasteiger partial charge in [-0.25, -0.2) is 0 Å². The van der Waals surface area contributed by atoms with Crippen LogP contribution in [0.4, 0.5) is 17.1 Å². The summed E-state index contributed by atoms with van der Waals surface area (Å²) in [6.45, 7) is 4.06. The number of nitrogens with zero attached hydrogens (tertiary/aromatic N) is 2. The van der Waals surface area contributed by atoms with Crippen molar-refractivity contribution in [3.63, 3.8) is 0 Å². The molecule has 146 valence electrons. The van der Waals surface area contributed by atoms with E-state index < -0.39 is 0 Å². The summed E-state index contributed by atoms with van der Waals surface area (Å²) in [5.74, 6) is 0.948. The first kappa shape index (κ1) is 17.8. The van der Waals surface area contributed by atoms with Gasteiger partial charge in [-0.3, -0.25) is 4.98 Å². The van der Waals surface area contributed by atoms with Crippen LogP contribution in [-0.2, 0) is 6.42 Å². The average Bonchev–Trinajstić information content (AvgIpc) is 3.15. The van der Waals surface area contributed by atoms with Crippen molar-refractivity contribution in [2.45, 2.75) is 25.9 Å². The van der Waals surface area contributed by atoms with Gasteiger partial charge in [-0.15, -0.1) is 0 Å². The van der Waals surface area contributed by atoms with Gasteiger partial charge in [0, 0.05) is 36.4 Å². The number of allylic oxidation sites excluding steroid dienone is 1. The zero-order chi connectivity index (χ0) is 19.6. The third-order valence-electron chi connectivity index (χ3n) is 5.66. The van der Waals surface area contributed by atoms with E-state index in [1.54, 1.807) is 12.4 Å². The lowest BCUT2D eigenvalue weighted by Crippen LogP contribution is -2.39. The van der Waals surface area contributed by atoms with Gasteiger partial charge in [0.05, 0.1) is 12.2 Å². The van der Waals surface area contributed by atoms with Gasteiger partial charge in [-0.05, 0) is 60.7 Å². The first-order valence-corrected chi connectivity index (χ1v) is 10.3. The highest BCUT2D eigenvalue weighted by atomic mass is 16.5. The van der Waals surface area contributed by atoms with Crippen LogP contribution in [0.5, 0.6) is 5.75 Å². The highest BCUT2D eigenvalue weighted by Crippen LogP contribution is 2.37. The first-order chi connectivity index (χ1) is 14.3. The zero-order valence-electron chi connectivity index (χ0n) is 16.6. The minimum atomic E-state index is 0.170. The van der Waals surface area contributed by atoms with Crippen molar-refractivity contribution < 1.29 is 4.74 Å². The smallest absolute Gasteiger partial charge is 0.145 e. The number of rotatable bonds is 5. The van der Waals surface area contributed by atoms with Crippen LogP contribution in [0.3, 0.4) is 0 Å². The molecule has 1 N–H and O–H groups in total. The Morgan fingerprint density at radius 1 is 1.07 bits per heavy atom. The highest BCUT2D eigenvalue weighted by molar-refractivity contribution is 5.74. The fourth-order valence-electron chi connectivity index (χ4n) is 4.27. The van der Waals surface area contributed by atoms with Gasteiger partial charge in [0.25, 0.3) is 0 Å². The molecule has 4 nitrogen and oxygen atoms in total. The Morgan fingerprint density at radius 3 is 2.83 bits per heavy atom. The van der Waals surface area contributed by atoms with Crippen molar-refractivity contribution in [1.82, 2.24) is 4.98 Å². The Kier molecular flexibility index (Phi) is 4.68. The van der Waals surface area contributed by atoms with Gasteiger partial charge in [-0.2, -0.15) is 0 Å². The van der Waals surface area contributed by atoms with Gasteiger partial charge >= 0.3 is 0 Å². The maximum absolute atomic E-state index is 6.16. The molecule has 2 aliphatic rings. The van der Waals surface area contributed by atoms with Crippen molar-refractivity contribution in [3.8, 4) is 5.75 Å². The fraction of sp³-hybridized carbons (Fsp3) is 0.240. The normalized spacial score (nSPS) is 17.2. The quantitative estimate of drug-likeness (QED) is 0.636. The lowest BCUT2D eigenvalue weighted by atomic mass is 10.0. The third-order valence-corrected chi connectivity index (χ3v) is 5.66. The number of aromatic nitrogens is 1. The van der Waals surface area contributed by atoms with Crippen LogP contribution in [0, 0.1) is 0 Å². The second-order valence-corrected chi connectivity index (χ2v) is 7.76. The number of benzene rings is 2. The number of anilines is 3. The summed E-state index contributed by atoms with van der Waals surface area (Å²) in [5.41, 5.74) is 7.56. The molecule has 5 rings (SSSR count). The molecule has 0 bridgehead atoms. The van der Waals surface area contributed by atoms with E-state index in [0.717, 1.165) is 43.1 Å². The number of pyridine rings is 1. The van der Waals surface area contributed by atoms with Crippen LogP contribution in [0.15, 0.2) is 73.1 Å². The monoisotopic (exact) mass is 383 g/mol. The summed E-state index contributed by atoms with van der Waals surface area (Å²) in [7, 11) is 0. The predicted octanol–water partition coefficient (Wildman–Crippen LogP) is 5.44. The molecule has 0 amide bonds. The van der Waals surface area contributed by atoms with E-state index in [9.17, 15) is 0 Å². The summed E-state index contributed by atoms with van der Waals surface area (Å²) in [4.78, 5) is 6.53. The van der Waals surface area contributed by atoms with E-state index >= 15 is 0 Å². The summed E-state index contributed by atoms with van der Waals surface area (Å²) in [6, 6.07) is 19.1. The van der Waals surface area contributed by atoms with E-state index in [0.29, 0.717) is 0 Å². The maximum Gasteiger partial charge on any atom is 0.145 e. The van der Waals surface area contributed by atoms with Crippen LogP contribution in [0.2, 0.25) is 0 Å². The molecule has 1 unspecified atom stereocenters. The second kappa shape index (κ2) is 7.63. The lowest BCUT2D eigenvalue weighted by Gasteiger charge is -2.35. The van der Waals surface area contributed by atoms with Crippen LogP contribution < -0.4 is 15.0 Å². The first-order valence-electron chi connectivity index (χ1n) is 10.3. The van der Waals surface area contributed by atoms with Crippen LogP contribution in [-0.4, -0.2) is 24.2 Å². The summed E-state index contributed by atoms with van der Waals surface area (Å²) in [6.07, 6.45) is 8.25. The molecule has 4 heteroatoms. The van der Waals surface area contributed by atoms with Crippen LogP contribution >= 0.6 is 0 Å². The summed E-state index contributed by atoms with van der Waals surface area (Å²) < 4.78 is 6.16. The van der Waals surface area contributed by atoms with Gasteiger partial charge < -0.3 is 15.0 Å². The molecule has 0 radical (unpaired) electrons. The van der Waals surface area contributed by atoms with Crippen molar-refractivity contribution in [2.75, 3.05) is 23.3 Å². The largest absolute Gasteiger partial charge is 0.487 e.